The molecule has 0 fully saturated rings. The molecular formula is C27H22O7. The molecule has 34 heavy (non-hydrogen) atoms. The summed E-state index contributed by atoms with van der Waals surface area (Å²) in [6.45, 7) is 0. The maximum Gasteiger partial charge on any atom is 0.312 e. The molecule has 0 saturated heterocycles. The number of hydrogen-bond donors (Lipinski definition) is 0. The van der Waals surface area contributed by atoms with Gasteiger partial charge in [0.1, 0.15) is 17.6 Å². The van der Waals surface area contributed by atoms with Crippen molar-refractivity contribution in [1.29, 1.82) is 0 Å². The lowest BCUT2D eigenvalue weighted by Gasteiger charge is -2.26. The zero-order chi connectivity index (χ0) is 23.8. The molecule has 0 unspecified atom stereocenters. The van der Waals surface area contributed by atoms with Gasteiger partial charge in [0, 0.05) is 11.5 Å². The highest BCUT2D eigenvalue weighted by Crippen LogP contribution is 2.47. The molecule has 0 radical (unpaired) electrons. The Hall–Kier alpha value is -4.26. The Morgan fingerprint density at radius 3 is 2.24 bits per heavy atom. The molecule has 7 nitrogen and oxygen atoms in total. The lowest BCUT2D eigenvalue weighted by Crippen LogP contribution is -2.22. The third-order valence-electron chi connectivity index (χ3n) is 6.06. The summed E-state index contributed by atoms with van der Waals surface area (Å²) < 4.78 is 28.0. The molecule has 3 aromatic carbocycles. The molecule has 0 aliphatic carbocycles. The van der Waals surface area contributed by atoms with Crippen molar-refractivity contribution in [2.75, 3.05) is 21.3 Å². The second kappa shape index (κ2) is 8.59. The summed E-state index contributed by atoms with van der Waals surface area (Å²) in [6, 6.07) is 16.2. The highest BCUT2D eigenvalue weighted by Gasteiger charge is 2.33. The van der Waals surface area contributed by atoms with E-state index in [9.17, 15) is 9.59 Å². The number of hydrogen-bond acceptors (Lipinski definition) is 7. The molecule has 0 saturated carbocycles. The van der Waals surface area contributed by atoms with E-state index in [0.717, 1.165) is 11.1 Å². The number of ether oxygens (including phenoxy) is 4. The number of carbonyl (C=O) groups is 1. The topological polar surface area (TPSA) is 84.2 Å². The molecule has 1 aliphatic heterocycles. The van der Waals surface area contributed by atoms with E-state index in [-0.39, 0.29) is 17.8 Å². The minimum Gasteiger partial charge on any atom is -0.493 e. The van der Waals surface area contributed by atoms with Gasteiger partial charge in [-0.15, -0.1) is 0 Å². The third-order valence-corrected chi connectivity index (χ3v) is 6.06. The second-order valence-electron chi connectivity index (χ2n) is 7.89. The fraction of sp³-hybridized carbons (Fsp3) is 0.185. The van der Waals surface area contributed by atoms with Gasteiger partial charge in [-0.2, -0.15) is 0 Å². The first-order valence-corrected chi connectivity index (χ1v) is 10.7. The lowest BCUT2D eigenvalue weighted by atomic mass is 9.84. The molecule has 172 valence electrons. The smallest absolute Gasteiger partial charge is 0.312 e. The van der Waals surface area contributed by atoms with Crippen LogP contribution in [0.25, 0.3) is 22.1 Å². The molecule has 1 atom stereocenters. The fourth-order valence-electron chi connectivity index (χ4n) is 4.46. The van der Waals surface area contributed by atoms with Gasteiger partial charge < -0.3 is 23.4 Å². The van der Waals surface area contributed by atoms with Crippen LogP contribution in [0.4, 0.5) is 0 Å². The van der Waals surface area contributed by atoms with E-state index in [1.807, 2.05) is 30.3 Å². The van der Waals surface area contributed by atoms with Gasteiger partial charge in [0.05, 0.1) is 38.7 Å². The van der Waals surface area contributed by atoms with Crippen molar-refractivity contribution < 1.29 is 28.2 Å². The summed E-state index contributed by atoms with van der Waals surface area (Å²) in [7, 11) is 4.59. The summed E-state index contributed by atoms with van der Waals surface area (Å²) in [6.07, 6.45) is 1.53. The Kier molecular flexibility index (Phi) is 5.45. The van der Waals surface area contributed by atoms with Crippen molar-refractivity contribution in [1.82, 2.24) is 0 Å². The van der Waals surface area contributed by atoms with E-state index < -0.39 is 5.92 Å². The zero-order valence-corrected chi connectivity index (χ0v) is 18.9. The van der Waals surface area contributed by atoms with Crippen LogP contribution in [0.1, 0.15) is 23.5 Å². The Bertz CT molecular complexity index is 1430. The first kappa shape index (κ1) is 21.6. The molecule has 1 aliphatic rings. The molecule has 1 aromatic heterocycles. The average Bonchev–Trinajstić information content (AvgIpc) is 2.87. The number of carbonyl (C=O) groups excluding carboxylic acids is 1. The molecule has 0 bridgehead atoms. The summed E-state index contributed by atoms with van der Waals surface area (Å²) >= 11 is 0. The van der Waals surface area contributed by atoms with E-state index in [1.165, 1.54) is 27.6 Å². The summed E-state index contributed by atoms with van der Waals surface area (Å²) in [4.78, 5) is 25.9. The summed E-state index contributed by atoms with van der Waals surface area (Å²) in [5, 5.41) is 0.412. The second-order valence-corrected chi connectivity index (χ2v) is 7.89. The van der Waals surface area contributed by atoms with Crippen LogP contribution < -0.4 is 24.4 Å². The van der Waals surface area contributed by atoms with Crippen LogP contribution in [0.15, 0.2) is 70.1 Å². The van der Waals surface area contributed by atoms with E-state index in [2.05, 4.69) is 0 Å². The van der Waals surface area contributed by atoms with Crippen molar-refractivity contribution in [3.05, 3.63) is 82.2 Å². The van der Waals surface area contributed by atoms with Crippen molar-refractivity contribution in [3.8, 4) is 34.1 Å². The maximum absolute atomic E-state index is 13.4. The van der Waals surface area contributed by atoms with Gasteiger partial charge >= 0.3 is 5.97 Å². The quantitative estimate of drug-likeness (QED) is 0.310. The largest absolute Gasteiger partial charge is 0.493 e. The van der Waals surface area contributed by atoms with Gasteiger partial charge in [-0.05, 0) is 35.4 Å². The zero-order valence-electron chi connectivity index (χ0n) is 18.9. The first-order valence-electron chi connectivity index (χ1n) is 10.7. The minimum absolute atomic E-state index is 0.0644. The van der Waals surface area contributed by atoms with E-state index in [1.54, 1.807) is 24.3 Å². The van der Waals surface area contributed by atoms with E-state index in [0.29, 0.717) is 45.1 Å². The van der Waals surface area contributed by atoms with Crippen molar-refractivity contribution in [2.45, 2.75) is 12.3 Å². The molecular weight excluding hydrogens is 436 g/mol. The molecule has 0 amide bonds. The van der Waals surface area contributed by atoms with Crippen molar-refractivity contribution >= 4 is 16.9 Å². The fourth-order valence-corrected chi connectivity index (χ4v) is 4.46. The molecule has 0 N–H and O–H groups in total. The van der Waals surface area contributed by atoms with Crippen LogP contribution in [-0.2, 0) is 4.79 Å². The van der Waals surface area contributed by atoms with Crippen LogP contribution in [0, 0.1) is 0 Å². The van der Waals surface area contributed by atoms with Crippen molar-refractivity contribution in [2.24, 2.45) is 0 Å². The molecule has 5 rings (SSSR count). The number of rotatable bonds is 5. The van der Waals surface area contributed by atoms with Crippen LogP contribution >= 0.6 is 0 Å². The Labute approximate surface area is 195 Å². The van der Waals surface area contributed by atoms with Gasteiger partial charge in [0.25, 0.3) is 0 Å². The molecule has 2 heterocycles. The van der Waals surface area contributed by atoms with Crippen molar-refractivity contribution in [3.63, 3.8) is 0 Å². The Balaban J connectivity index is 1.74. The van der Waals surface area contributed by atoms with E-state index >= 15 is 0 Å². The normalized spacial score (nSPS) is 14.9. The van der Waals surface area contributed by atoms with Gasteiger partial charge in [0.15, 0.2) is 11.5 Å². The summed E-state index contributed by atoms with van der Waals surface area (Å²) in [5.74, 6) is 0.909. The summed E-state index contributed by atoms with van der Waals surface area (Å²) in [5.41, 5.74) is 2.83. The predicted molar refractivity (Wildman–Crippen MR) is 126 cm³/mol. The van der Waals surface area contributed by atoms with Gasteiger partial charge in [-0.1, -0.05) is 30.3 Å². The Morgan fingerprint density at radius 2 is 1.59 bits per heavy atom. The standard InChI is InChI=1S/C27H22O7/c1-30-21-11-16(12-22(31-2)27(21)32-3)18-13-23(28)34-20-10-9-17-25(29)19(14-33-26(17)24(18)20)15-7-5-4-6-8-15/h4-12,14,18H,13H2,1-3H3/t18-/m0/s1. The molecule has 0 spiro atoms. The first-order chi connectivity index (χ1) is 16.5. The van der Waals surface area contributed by atoms with Crippen LogP contribution in [0.3, 0.4) is 0 Å². The highest BCUT2D eigenvalue weighted by molar-refractivity contribution is 5.90. The van der Waals surface area contributed by atoms with Gasteiger partial charge in [-0.25, -0.2) is 0 Å². The average molecular weight is 458 g/mol. The monoisotopic (exact) mass is 458 g/mol. The van der Waals surface area contributed by atoms with Crippen LogP contribution in [-0.4, -0.2) is 27.3 Å². The number of esters is 1. The van der Waals surface area contributed by atoms with E-state index in [4.69, 9.17) is 23.4 Å². The molecule has 4 aromatic rings. The number of methoxy groups -OCH3 is 3. The number of fused-ring (bicyclic) bond motifs is 3. The third kappa shape index (κ3) is 3.46. The SMILES string of the molecule is COc1cc([C@@H]2CC(=O)Oc3ccc4c(=O)c(-c5ccccc5)coc4c32)cc(OC)c1OC. The van der Waals surface area contributed by atoms with Crippen LogP contribution in [0.5, 0.6) is 23.0 Å². The highest BCUT2D eigenvalue weighted by atomic mass is 16.5. The maximum atomic E-state index is 13.4. The lowest BCUT2D eigenvalue weighted by molar-refractivity contribution is -0.135. The van der Waals surface area contributed by atoms with Gasteiger partial charge in [0.2, 0.25) is 11.2 Å². The Morgan fingerprint density at radius 1 is 0.882 bits per heavy atom. The van der Waals surface area contributed by atoms with Gasteiger partial charge in [-0.3, -0.25) is 9.59 Å². The van der Waals surface area contributed by atoms with Crippen LogP contribution in [0.2, 0.25) is 0 Å². The number of benzene rings is 3. The minimum atomic E-state index is -0.445. The predicted octanol–water partition coefficient (Wildman–Crippen LogP) is 4.93. The molecule has 7 heteroatoms.